The second-order valence-electron chi connectivity index (χ2n) is 3.52. The molecule has 1 aliphatic heterocycles. The largest absolute Gasteiger partial charge is 0.497 e. The SMILES string of the molecule is COc1ccc([C@@H]2NC[C@H](C(=O)O)S2)cc1. The van der Waals surface area contributed by atoms with Gasteiger partial charge in [0.2, 0.25) is 0 Å². The number of methoxy groups -OCH3 is 1. The molecule has 1 saturated heterocycles. The molecule has 0 bridgehead atoms. The normalized spacial score (nSPS) is 24.3. The molecule has 86 valence electrons. The van der Waals surface area contributed by atoms with Crippen molar-refractivity contribution in [2.45, 2.75) is 10.6 Å². The Morgan fingerprint density at radius 1 is 1.50 bits per heavy atom. The highest BCUT2D eigenvalue weighted by atomic mass is 32.2. The minimum atomic E-state index is -0.756. The molecular weight excluding hydrogens is 226 g/mol. The first-order valence-corrected chi connectivity index (χ1v) is 5.90. The first kappa shape index (κ1) is 11.3. The molecule has 1 aromatic carbocycles. The van der Waals surface area contributed by atoms with Gasteiger partial charge in [0.05, 0.1) is 12.5 Å². The van der Waals surface area contributed by atoms with Crippen LogP contribution in [0.25, 0.3) is 0 Å². The Kier molecular flexibility index (Phi) is 3.36. The summed E-state index contributed by atoms with van der Waals surface area (Å²) in [6, 6.07) is 7.67. The Hall–Kier alpha value is -1.20. The summed E-state index contributed by atoms with van der Waals surface area (Å²) in [6.45, 7) is 0.511. The highest BCUT2D eigenvalue weighted by Crippen LogP contribution is 2.35. The third kappa shape index (κ3) is 2.31. The average molecular weight is 239 g/mol. The maximum absolute atomic E-state index is 10.8. The van der Waals surface area contributed by atoms with Crippen LogP contribution < -0.4 is 10.1 Å². The summed E-state index contributed by atoms with van der Waals surface area (Å²) in [4.78, 5) is 10.8. The number of carboxylic acids is 1. The summed E-state index contributed by atoms with van der Waals surface area (Å²) in [6.07, 6.45) is 0. The van der Waals surface area contributed by atoms with Crippen molar-refractivity contribution in [3.05, 3.63) is 29.8 Å². The van der Waals surface area contributed by atoms with Crippen LogP contribution >= 0.6 is 11.8 Å². The standard InChI is InChI=1S/C11H13NO3S/c1-15-8-4-2-7(3-5-8)10-12-6-9(16-10)11(13)14/h2-5,9-10,12H,6H2,1H3,(H,13,14)/t9-,10-/m1/s1. The van der Waals surface area contributed by atoms with E-state index in [0.29, 0.717) is 6.54 Å². The molecule has 0 aromatic heterocycles. The fourth-order valence-electron chi connectivity index (χ4n) is 1.60. The van der Waals surface area contributed by atoms with Crippen LogP contribution in [0, 0.1) is 0 Å². The van der Waals surface area contributed by atoms with Crippen molar-refractivity contribution in [2.75, 3.05) is 13.7 Å². The quantitative estimate of drug-likeness (QED) is 0.836. The Morgan fingerprint density at radius 3 is 2.69 bits per heavy atom. The van der Waals surface area contributed by atoms with Crippen LogP contribution in [0.4, 0.5) is 0 Å². The van der Waals surface area contributed by atoms with E-state index in [-0.39, 0.29) is 10.6 Å². The van der Waals surface area contributed by atoms with E-state index >= 15 is 0 Å². The van der Waals surface area contributed by atoms with Crippen LogP contribution in [0.2, 0.25) is 0 Å². The molecule has 2 N–H and O–H groups in total. The molecule has 0 saturated carbocycles. The van der Waals surface area contributed by atoms with Gasteiger partial charge >= 0.3 is 5.97 Å². The van der Waals surface area contributed by atoms with Crippen molar-refractivity contribution in [3.63, 3.8) is 0 Å². The molecule has 2 atom stereocenters. The van der Waals surface area contributed by atoms with Gasteiger partial charge in [-0.2, -0.15) is 0 Å². The fraction of sp³-hybridized carbons (Fsp3) is 0.364. The summed E-state index contributed by atoms with van der Waals surface area (Å²) in [5, 5.41) is 11.8. The van der Waals surface area contributed by atoms with Gasteiger partial charge in [0.25, 0.3) is 0 Å². The maximum atomic E-state index is 10.8. The van der Waals surface area contributed by atoms with E-state index in [2.05, 4.69) is 5.32 Å². The molecule has 1 fully saturated rings. The molecule has 0 aliphatic carbocycles. The topological polar surface area (TPSA) is 58.6 Å². The van der Waals surface area contributed by atoms with Crippen LogP contribution in [0.1, 0.15) is 10.9 Å². The van der Waals surface area contributed by atoms with E-state index in [4.69, 9.17) is 9.84 Å². The zero-order chi connectivity index (χ0) is 11.5. The number of carbonyl (C=O) groups is 1. The van der Waals surface area contributed by atoms with E-state index in [1.807, 2.05) is 24.3 Å². The molecule has 0 unspecified atom stereocenters. The number of nitrogens with one attached hydrogen (secondary N) is 1. The highest BCUT2D eigenvalue weighted by Gasteiger charge is 2.30. The number of hydrogen-bond acceptors (Lipinski definition) is 4. The second kappa shape index (κ2) is 4.76. The number of rotatable bonds is 3. The van der Waals surface area contributed by atoms with Crippen LogP contribution in [-0.4, -0.2) is 30.0 Å². The lowest BCUT2D eigenvalue weighted by atomic mass is 10.2. The molecule has 2 rings (SSSR count). The third-order valence-electron chi connectivity index (χ3n) is 2.48. The van der Waals surface area contributed by atoms with Crippen LogP contribution in [0.15, 0.2) is 24.3 Å². The fourth-order valence-corrected chi connectivity index (χ4v) is 2.74. The number of ether oxygens (including phenoxy) is 1. The van der Waals surface area contributed by atoms with Crippen molar-refractivity contribution in [3.8, 4) is 5.75 Å². The summed E-state index contributed by atoms with van der Waals surface area (Å²) >= 11 is 1.43. The van der Waals surface area contributed by atoms with E-state index in [9.17, 15) is 4.79 Å². The average Bonchev–Trinajstić information content (AvgIpc) is 2.78. The Balaban J connectivity index is 2.05. The first-order valence-electron chi connectivity index (χ1n) is 4.96. The number of aliphatic carboxylic acids is 1. The lowest BCUT2D eigenvalue weighted by Gasteiger charge is -2.10. The summed E-state index contributed by atoms with van der Waals surface area (Å²) in [5.74, 6) is 0.0510. The molecule has 1 aromatic rings. The third-order valence-corrected chi connectivity index (χ3v) is 3.89. The van der Waals surface area contributed by atoms with Crippen molar-refractivity contribution in [1.82, 2.24) is 5.32 Å². The summed E-state index contributed by atoms with van der Waals surface area (Å²) < 4.78 is 5.07. The lowest BCUT2D eigenvalue weighted by molar-refractivity contribution is -0.136. The van der Waals surface area contributed by atoms with Crippen LogP contribution in [0.3, 0.4) is 0 Å². The summed E-state index contributed by atoms with van der Waals surface area (Å²) in [7, 11) is 1.62. The van der Waals surface area contributed by atoms with E-state index in [1.165, 1.54) is 11.8 Å². The van der Waals surface area contributed by atoms with Crippen molar-refractivity contribution >= 4 is 17.7 Å². The van der Waals surface area contributed by atoms with Gasteiger partial charge in [-0.1, -0.05) is 12.1 Å². The highest BCUT2D eigenvalue weighted by molar-refractivity contribution is 8.01. The zero-order valence-corrected chi connectivity index (χ0v) is 9.66. The van der Waals surface area contributed by atoms with Crippen molar-refractivity contribution in [1.29, 1.82) is 0 Å². The number of hydrogen-bond donors (Lipinski definition) is 2. The van der Waals surface area contributed by atoms with Crippen LogP contribution in [-0.2, 0) is 4.79 Å². The van der Waals surface area contributed by atoms with Gasteiger partial charge in [-0.3, -0.25) is 10.1 Å². The van der Waals surface area contributed by atoms with Crippen LogP contribution in [0.5, 0.6) is 5.75 Å². The van der Waals surface area contributed by atoms with Gasteiger partial charge in [-0.05, 0) is 17.7 Å². The van der Waals surface area contributed by atoms with Gasteiger partial charge in [-0.15, -0.1) is 11.8 Å². The van der Waals surface area contributed by atoms with Gasteiger partial charge < -0.3 is 9.84 Å². The molecule has 1 aliphatic rings. The van der Waals surface area contributed by atoms with E-state index in [0.717, 1.165) is 11.3 Å². The van der Waals surface area contributed by atoms with E-state index < -0.39 is 5.97 Å². The number of thioether (sulfide) groups is 1. The number of benzene rings is 1. The monoisotopic (exact) mass is 239 g/mol. The molecular formula is C11H13NO3S. The van der Waals surface area contributed by atoms with E-state index in [1.54, 1.807) is 7.11 Å². The lowest BCUT2D eigenvalue weighted by Crippen LogP contribution is -2.21. The van der Waals surface area contributed by atoms with Crippen molar-refractivity contribution in [2.24, 2.45) is 0 Å². The zero-order valence-electron chi connectivity index (χ0n) is 8.84. The van der Waals surface area contributed by atoms with Gasteiger partial charge in [-0.25, -0.2) is 0 Å². The minimum Gasteiger partial charge on any atom is -0.497 e. The Bertz CT molecular complexity index is 379. The molecule has 16 heavy (non-hydrogen) atoms. The molecule has 5 heteroatoms. The Morgan fingerprint density at radius 2 is 2.19 bits per heavy atom. The Labute approximate surface area is 98.0 Å². The molecule has 0 amide bonds. The van der Waals surface area contributed by atoms with Gasteiger partial charge in [0.1, 0.15) is 11.0 Å². The molecule has 1 heterocycles. The second-order valence-corrected chi connectivity index (χ2v) is 4.84. The predicted molar refractivity (Wildman–Crippen MR) is 62.8 cm³/mol. The van der Waals surface area contributed by atoms with Gasteiger partial charge in [0.15, 0.2) is 0 Å². The smallest absolute Gasteiger partial charge is 0.318 e. The summed E-state index contributed by atoms with van der Waals surface area (Å²) in [5.41, 5.74) is 1.08. The maximum Gasteiger partial charge on any atom is 0.318 e. The molecule has 0 spiro atoms. The van der Waals surface area contributed by atoms with Crippen molar-refractivity contribution < 1.29 is 14.6 Å². The first-order chi connectivity index (χ1) is 7.70. The minimum absolute atomic E-state index is 0.0620. The van der Waals surface area contributed by atoms with Gasteiger partial charge in [0, 0.05) is 6.54 Å². The molecule has 0 radical (unpaired) electrons. The predicted octanol–water partition coefficient (Wildman–Crippen LogP) is 1.48. The number of carboxylic acid groups (broad SMARTS) is 1. The molecule has 4 nitrogen and oxygen atoms in total.